The van der Waals surface area contributed by atoms with Gasteiger partial charge in [0.05, 0.1) is 5.69 Å². The Balaban J connectivity index is 2.31. The molecule has 14 heavy (non-hydrogen) atoms. The second kappa shape index (κ2) is 4.37. The van der Waals surface area contributed by atoms with Gasteiger partial charge in [0.15, 0.2) is 0 Å². The van der Waals surface area contributed by atoms with Crippen LogP contribution in [0.2, 0.25) is 0 Å². The summed E-state index contributed by atoms with van der Waals surface area (Å²) in [5.41, 5.74) is 2.14. The molecular formula is C10H10BrN3. The lowest BCUT2D eigenvalue weighted by molar-refractivity contribution is 0.870. The monoisotopic (exact) mass is 251 g/mol. The summed E-state index contributed by atoms with van der Waals surface area (Å²) in [4.78, 5) is 4.27. The Morgan fingerprint density at radius 3 is 3.00 bits per heavy atom. The van der Waals surface area contributed by atoms with Crippen molar-refractivity contribution in [2.24, 2.45) is 0 Å². The third-order valence-corrected chi connectivity index (χ3v) is 2.32. The lowest BCUT2D eigenvalue weighted by Gasteiger charge is -2.02. The van der Waals surface area contributed by atoms with E-state index in [0.717, 1.165) is 23.1 Å². The summed E-state index contributed by atoms with van der Waals surface area (Å²) in [6.45, 7) is 0. The van der Waals surface area contributed by atoms with Gasteiger partial charge >= 0.3 is 0 Å². The zero-order chi connectivity index (χ0) is 9.80. The van der Waals surface area contributed by atoms with Crippen LogP contribution < -0.4 is 0 Å². The Bertz CT molecular complexity index is 398. The average molecular weight is 252 g/mol. The van der Waals surface area contributed by atoms with Crippen molar-refractivity contribution in [2.75, 3.05) is 5.33 Å². The van der Waals surface area contributed by atoms with Crippen molar-refractivity contribution in [1.29, 1.82) is 0 Å². The van der Waals surface area contributed by atoms with Gasteiger partial charge in [-0.2, -0.15) is 5.10 Å². The van der Waals surface area contributed by atoms with E-state index in [0.29, 0.717) is 0 Å². The maximum atomic E-state index is 4.27. The summed E-state index contributed by atoms with van der Waals surface area (Å²) in [6.07, 6.45) is 6.45. The Morgan fingerprint density at radius 1 is 1.36 bits per heavy atom. The van der Waals surface area contributed by atoms with E-state index in [2.05, 4.69) is 26.0 Å². The fraction of sp³-hybridized carbons (Fsp3) is 0.200. The van der Waals surface area contributed by atoms with Crippen molar-refractivity contribution in [2.45, 2.75) is 6.42 Å². The Hall–Kier alpha value is -1.16. The molecule has 0 bridgehead atoms. The molecule has 4 heteroatoms. The molecule has 0 amide bonds. The number of hydrogen-bond donors (Lipinski definition) is 0. The maximum absolute atomic E-state index is 4.27. The minimum absolute atomic E-state index is 0.933. The summed E-state index contributed by atoms with van der Waals surface area (Å²) in [5, 5.41) is 5.10. The fourth-order valence-electron chi connectivity index (χ4n) is 1.26. The zero-order valence-corrected chi connectivity index (χ0v) is 9.18. The normalized spacial score (nSPS) is 10.4. The summed E-state index contributed by atoms with van der Waals surface area (Å²) >= 11 is 3.40. The van der Waals surface area contributed by atoms with Gasteiger partial charge in [0.1, 0.15) is 0 Å². The van der Waals surface area contributed by atoms with Crippen LogP contribution in [-0.4, -0.2) is 20.1 Å². The molecule has 0 aromatic carbocycles. The first-order valence-corrected chi connectivity index (χ1v) is 5.53. The second-order valence-corrected chi connectivity index (χ2v) is 3.69. The van der Waals surface area contributed by atoms with Gasteiger partial charge in [0.2, 0.25) is 0 Å². The molecule has 0 atom stereocenters. The van der Waals surface area contributed by atoms with Crippen molar-refractivity contribution in [3.8, 4) is 5.69 Å². The quantitative estimate of drug-likeness (QED) is 0.784. The number of rotatable bonds is 3. The molecule has 0 saturated carbocycles. The molecule has 2 rings (SSSR count). The molecule has 0 aliphatic carbocycles. The molecule has 0 spiro atoms. The lowest BCUT2D eigenvalue weighted by Crippen LogP contribution is -1.97. The topological polar surface area (TPSA) is 30.7 Å². The van der Waals surface area contributed by atoms with Crippen LogP contribution in [0.4, 0.5) is 0 Å². The van der Waals surface area contributed by atoms with Crippen LogP contribution in [0.5, 0.6) is 0 Å². The van der Waals surface area contributed by atoms with E-state index in [-0.39, 0.29) is 0 Å². The summed E-state index contributed by atoms with van der Waals surface area (Å²) in [5.74, 6) is 0. The third-order valence-electron chi connectivity index (χ3n) is 1.92. The van der Waals surface area contributed by atoms with Crippen molar-refractivity contribution in [3.63, 3.8) is 0 Å². The number of pyridine rings is 1. The SMILES string of the molecule is BrCCc1cc(-n2cccn2)ccn1. The van der Waals surface area contributed by atoms with Crippen molar-refractivity contribution in [3.05, 3.63) is 42.5 Å². The molecule has 0 fully saturated rings. The van der Waals surface area contributed by atoms with E-state index in [4.69, 9.17) is 0 Å². The molecule has 2 aromatic rings. The highest BCUT2D eigenvalue weighted by molar-refractivity contribution is 9.09. The maximum Gasteiger partial charge on any atom is 0.0678 e. The predicted octanol–water partition coefficient (Wildman–Crippen LogP) is 2.20. The predicted molar refractivity (Wildman–Crippen MR) is 58.9 cm³/mol. The van der Waals surface area contributed by atoms with Crippen molar-refractivity contribution >= 4 is 15.9 Å². The summed E-state index contributed by atoms with van der Waals surface area (Å²) in [6, 6.07) is 5.91. The third kappa shape index (κ3) is 2.01. The largest absolute Gasteiger partial charge is 0.261 e. The first kappa shape index (κ1) is 9.40. The highest BCUT2D eigenvalue weighted by atomic mass is 79.9. The first-order valence-electron chi connectivity index (χ1n) is 4.41. The van der Waals surface area contributed by atoms with Crippen molar-refractivity contribution < 1.29 is 0 Å². The smallest absolute Gasteiger partial charge is 0.0678 e. The van der Waals surface area contributed by atoms with Crippen LogP contribution in [-0.2, 0) is 6.42 Å². The summed E-state index contributed by atoms with van der Waals surface area (Å²) < 4.78 is 1.83. The van der Waals surface area contributed by atoms with Gasteiger partial charge in [-0.1, -0.05) is 15.9 Å². The Kier molecular flexibility index (Phi) is 2.93. The van der Waals surface area contributed by atoms with Gasteiger partial charge in [-0.05, 0) is 24.6 Å². The fourth-order valence-corrected chi connectivity index (χ4v) is 1.67. The molecule has 0 unspecified atom stereocenters. The number of nitrogens with zero attached hydrogens (tertiary/aromatic N) is 3. The molecule has 72 valence electrons. The van der Waals surface area contributed by atoms with E-state index >= 15 is 0 Å². The highest BCUT2D eigenvalue weighted by Crippen LogP contribution is 2.07. The summed E-state index contributed by atoms with van der Waals surface area (Å²) in [7, 11) is 0. The second-order valence-electron chi connectivity index (χ2n) is 2.89. The number of alkyl halides is 1. The molecule has 0 N–H and O–H groups in total. The van der Waals surface area contributed by atoms with E-state index in [1.54, 1.807) is 6.20 Å². The van der Waals surface area contributed by atoms with Crippen molar-refractivity contribution in [1.82, 2.24) is 14.8 Å². The van der Waals surface area contributed by atoms with Gasteiger partial charge in [0.25, 0.3) is 0 Å². The lowest BCUT2D eigenvalue weighted by atomic mass is 10.3. The minimum Gasteiger partial charge on any atom is -0.261 e. The molecule has 0 aliphatic rings. The van der Waals surface area contributed by atoms with Crippen LogP contribution in [0.1, 0.15) is 5.69 Å². The standard InChI is InChI=1S/C10H10BrN3/c11-4-2-9-8-10(3-6-12-9)14-7-1-5-13-14/h1,3,5-8H,2,4H2. The van der Waals surface area contributed by atoms with E-state index < -0.39 is 0 Å². The van der Waals surface area contributed by atoms with Gasteiger partial charge in [-0.15, -0.1) is 0 Å². The number of aromatic nitrogens is 3. The van der Waals surface area contributed by atoms with Crippen LogP contribution in [0.3, 0.4) is 0 Å². The highest BCUT2D eigenvalue weighted by Gasteiger charge is 1.98. The molecular weight excluding hydrogens is 242 g/mol. The molecule has 0 aliphatic heterocycles. The molecule has 2 aromatic heterocycles. The van der Waals surface area contributed by atoms with E-state index in [9.17, 15) is 0 Å². The first-order chi connectivity index (χ1) is 6.90. The van der Waals surface area contributed by atoms with E-state index in [1.165, 1.54) is 0 Å². The molecule has 3 nitrogen and oxygen atoms in total. The van der Waals surface area contributed by atoms with Gasteiger partial charge in [0, 0.05) is 29.6 Å². The number of hydrogen-bond acceptors (Lipinski definition) is 2. The average Bonchev–Trinajstić information content (AvgIpc) is 2.71. The molecule has 2 heterocycles. The van der Waals surface area contributed by atoms with Gasteiger partial charge in [-0.25, -0.2) is 4.68 Å². The van der Waals surface area contributed by atoms with Crippen LogP contribution in [0.25, 0.3) is 5.69 Å². The van der Waals surface area contributed by atoms with Crippen LogP contribution in [0, 0.1) is 0 Å². The zero-order valence-electron chi connectivity index (χ0n) is 7.60. The minimum atomic E-state index is 0.933. The molecule has 0 saturated heterocycles. The number of halogens is 1. The van der Waals surface area contributed by atoms with E-state index in [1.807, 2.05) is 35.3 Å². The van der Waals surface area contributed by atoms with Crippen LogP contribution in [0.15, 0.2) is 36.8 Å². The van der Waals surface area contributed by atoms with Crippen LogP contribution >= 0.6 is 15.9 Å². The number of aryl methyl sites for hydroxylation is 1. The van der Waals surface area contributed by atoms with Gasteiger partial charge in [-0.3, -0.25) is 4.98 Å². The Labute approximate surface area is 90.9 Å². The Morgan fingerprint density at radius 2 is 2.29 bits per heavy atom. The van der Waals surface area contributed by atoms with Gasteiger partial charge < -0.3 is 0 Å². The molecule has 0 radical (unpaired) electrons.